The van der Waals surface area contributed by atoms with Crippen LogP contribution in [0, 0.1) is 0 Å². The molecule has 2 heterocycles. The zero-order valence-corrected chi connectivity index (χ0v) is 20.5. The van der Waals surface area contributed by atoms with Gasteiger partial charge < -0.3 is 19.1 Å². The van der Waals surface area contributed by atoms with Gasteiger partial charge in [0, 0.05) is 55.4 Å². The molecule has 172 valence electrons. The molecule has 0 N–H and O–H groups in total. The van der Waals surface area contributed by atoms with Gasteiger partial charge in [0.25, 0.3) is 5.91 Å². The van der Waals surface area contributed by atoms with Gasteiger partial charge in [-0.25, -0.2) is 0 Å². The van der Waals surface area contributed by atoms with Gasteiger partial charge in [-0.2, -0.15) is 0 Å². The van der Waals surface area contributed by atoms with Crippen molar-refractivity contribution in [2.75, 3.05) is 59.0 Å². The highest BCUT2D eigenvalue weighted by molar-refractivity contribution is 8.19. The van der Waals surface area contributed by atoms with E-state index in [1.165, 1.54) is 17.1 Å². The molecule has 6 nitrogen and oxygen atoms in total. The fourth-order valence-corrected chi connectivity index (χ4v) is 7.01. The number of carbonyl (C=O) groups is 1. The topological polar surface area (TPSA) is 51.2 Å². The molecule has 2 fully saturated rings. The highest BCUT2D eigenvalue weighted by atomic mass is 32.2. The second-order valence-corrected chi connectivity index (χ2v) is 10.5. The number of methoxy groups -OCH3 is 3. The first-order valence-corrected chi connectivity index (χ1v) is 12.9. The van der Waals surface area contributed by atoms with Crippen molar-refractivity contribution in [2.24, 2.45) is 0 Å². The Bertz CT molecular complexity index is 924. The number of hydrogen-bond donors (Lipinski definition) is 0. The van der Waals surface area contributed by atoms with Crippen LogP contribution in [-0.2, 0) is 6.54 Å². The minimum Gasteiger partial charge on any atom is -0.493 e. The summed E-state index contributed by atoms with van der Waals surface area (Å²) in [6, 6.07) is 12.1. The number of benzene rings is 2. The van der Waals surface area contributed by atoms with Crippen LogP contribution >= 0.6 is 23.5 Å². The summed E-state index contributed by atoms with van der Waals surface area (Å²) in [5.74, 6) is 4.49. The lowest BCUT2D eigenvalue weighted by atomic mass is 10.1. The van der Waals surface area contributed by atoms with E-state index < -0.39 is 0 Å². The van der Waals surface area contributed by atoms with Crippen LogP contribution in [0.5, 0.6) is 17.2 Å². The highest BCUT2D eigenvalue weighted by Crippen LogP contribution is 2.45. The maximum absolute atomic E-state index is 13.0. The smallest absolute Gasteiger partial charge is 0.253 e. The first-order chi connectivity index (χ1) is 15.6. The average Bonchev–Trinajstić information content (AvgIpc) is 3.39. The number of ether oxygens (including phenoxy) is 3. The Balaban J connectivity index is 1.35. The van der Waals surface area contributed by atoms with Gasteiger partial charge in [-0.1, -0.05) is 18.2 Å². The zero-order chi connectivity index (χ0) is 22.5. The van der Waals surface area contributed by atoms with Crippen molar-refractivity contribution in [3.05, 3.63) is 53.1 Å². The summed E-state index contributed by atoms with van der Waals surface area (Å²) in [6.07, 6.45) is 0. The molecule has 2 aliphatic heterocycles. The number of thioether (sulfide) groups is 2. The monoisotopic (exact) mass is 474 g/mol. The summed E-state index contributed by atoms with van der Waals surface area (Å²) >= 11 is 3.97. The maximum atomic E-state index is 13.0. The largest absolute Gasteiger partial charge is 0.493 e. The SMILES string of the molecule is COc1ccc(CN2CCN(C(=O)c3ccc(C4SCCS4)cc3)CC2)c(OC)c1OC. The van der Waals surface area contributed by atoms with E-state index in [0.29, 0.717) is 34.9 Å². The summed E-state index contributed by atoms with van der Waals surface area (Å²) in [5, 5.41) is 0. The van der Waals surface area contributed by atoms with Crippen molar-refractivity contribution in [1.82, 2.24) is 9.80 Å². The number of rotatable bonds is 7. The van der Waals surface area contributed by atoms with Gasteiger partial charge >= 0.3 is 0 Å². The Kier molecular flexibility index (Phi) is 7.75. The van der Waals surface area contributed by atoms with Crippen molar-refractivity contribution in [3.8, 4) is 17.2 Å². The van der Waals surface area contributed by atoms with Crippen molar-refractivity contribution in [1.29, 1.82) is 0 Å². The minimum absolute atomic E-state index is 0.117. The molecule has 0 atom stereocenters. The number of nitrogens with zero attached hydrogens (tertiary/aromatic N) is 2. The maximum Gasteiger partial charge on any atom is 0.253 e. The Morgan fingerprint density at radius 3 is 2.12 bits per heavy atom. The molecule has 8 heteroatoms. The normalized spacial score (nSPS) is 17.4. The van der Waals surface area contributed by atoms with E-state index in [0.717, 1.165) is 30.8 Å². The van der Waals surface area contributed by atoms with Crippen LogP contribution in [0.3, 0.4) is 0 Å². The van der Waals surface area contributed by atoms with Crippen LogP contribution in [0.1, 0.15) is 26.1 Å². The van der Waals surface area contributed by atoms with Crippen LogP contribution in [0.15, 0.2) is 36.4 Å². The quantitative estimate of drug-likeness (QED) is 0.598. The molecule has 0 unspecified atom stereocenters. The van der Waals surface area contributed by atoms with E-state index in [1.807, 2.05) is 52.7 Å². The zero-order valence-electron chi connectivity index (χ0n) is 18.8. The Morgan fingerprint density at radius 2 is 1.53 bits per heavy atom. The number of amides is 1. The van der Waals surface area contributed by atoms with Crippen molar-refractivity contribution in [2.45, 2.75) is 11.1 Å². The van der Waals surface area contributed by atoms with Crippen molar-refractivity contribution < 1.29 is 19.0 Å². The molecule has 2 aromatic carbocycles. The molecule has 0 aromatic heterocycles. The van der Waals surface area contributed by atoms with Crippen LogP contribution < -0.4 is 14.2 Å². The third kappa shape index (κ3) is 4.97. The lowest BCUT2D eigenvalue weighted by molar-refractivity contribution is 0.0627. The third-order valence-corrected chi connectivity index (χ3v) is 9.00. The third-order valence-electron chi connectivity index (χ3n) is 5.89. The molecular formula is C24H30N2O4S2. The van der Waals surface area contributed by atoms with E-state index in [9.17, 15) is 4.79 Å². The average molecular weight is 475 g/mol. The van der Waals surface area contributed by atoms with Gasteiger partial charge in [0.05, 0.1) is 25.9 Å². The van der Waals surface area contributed by atoms with E-state index >= 15 is 0 Å². The molecule has 2 saturated heterocycles. The van der Waals surface area contributed by atoms with Gasteiger partial charge in [-0.05, 0) is 23.8 Å². The van der Waals surface area contributed by atoms with Crippen molar-refractivity contribution in [3.63, 3.8) is 0 Å². The Hall–Kier alpha value is -2.03. The second-order valence-electron chi connectivity index (χ2n) is 7.76. The molecule has 2 aliphatic rings. The second kappa shape index (κ2) is 10.7. The van der Waals surface area contributed by atoms with E-state index in [-0.39, 0.29) is 5.91 Å². The van der Waals surface area contributed by atoms with E-state index in [1.54, 1.807) is 21.3 Å². The van der Waals surface area contributed by atoms with Crippen LogP contribution in [0.2, 0.25) is 0 Å². The van der Waals surface area contributed by atoms with Gasteiger partial charge in [-0.3, -0.25) is 9.69 Å². The predicted octanol–water partition coefficient (Wildman–Crippen LogP) is 4.15. The summed E-state index contributed by atoms with van der Waals surface area (Å²) in [7, 11) is 4.88. The fourth-order valence-electron chi connectivity index (χ4n) is 4.15. The van der Waals surface area contributed by atoms with Crippen molar-refractivity contribution >= 4 is 29.4 Å². The van der Waals surface area contributed by atoms with Crippen LogP contribution in [0.25, 0.3) is 0 Å². The Morgan fingerprint density at radius 1 is 0.875 bits per heavy atom. The molecule has 0 aliphatic carbocycles. The minimum atomic E-state index is 0.117. The van der Waals surface area contributed by atoms with Crippen LogP contribution in [-0.4, -0.2) is 74.7 Å². The summed E-state index contributed by atoms with van der Waals surface area (Å²) in [4.78, 5) is 17.3. The van der Waals surface area contributed by atoms with Gasteiger partial charge in [0.2, 0.25) is 5.75 Å². The van der Waals surface area contributed by atoms with Gasteiger partial charge in [-0.15, -0.1) is 23.5 Å². The lowest BCUT2D eigenvalue weighted by Crippen LogP contribution is -2.48. The summed E-state index contributed by atoms with van der Waals surface area (Å²) < 4.78 is 17.0. The Labute approximate surface area is 198 Å². The molecule has 32 heavy (non-hydrogen) atoms. The summed E-state index contributed by atoms with van der Waals surface area (Å²) in [6.45, 7) is 3.79. The fraction of sp³-hybridized carbons (Fsp3) is 0.458. The standard InChI is InChI=1S/C24H30N2O4S2/c1-28-20-9-8-19(21(29-2)22(20)30-3)16-25-10-12-26(13-11-25)23(27)17-4-6-18(7-5-17)24-31-14-15-32-24/h4-9,24H,10-16H2,1-3H3. The predicted molar refractivity (Wildman–Crippen MR) is 131 cm³/mol. The molecule has 0 spiro atoms. The molecule has 0 radical (unpaired) electrons. The molecule has 0 saturated carbocycles. The number of piperazine rings is 1. The first kappa shape index (κ1) is 23.1. The number of hydrogen-bond acceptors (Lipinski definition) is 7. The molecular weight excluding hydrogens is 444 g/mol. The van der Waals surface area contributed by atoms with Gasteiger partial charge in [0.15, 0.2) is 11.5 Å². The first-order valence-electron chi connectivity index (χ1n) is 10.8. The number of carbonyl (C=O) groups excluding carboxylic acids is 1. The molecule has 2 aromatic rings. The van der Waals surface area contributed by atoms with Gasteiger partial charge in [0.1, 0.15) is 0 Å². The summed E-state index contributed by atoms with van der Waals surface area (Å²) in [5.41, 5.74) is 3.13. The highest BCUT2D eigenvalue weighted by Gasteiger charge is 2.25. The molecule has 4 rings (SSSR count). The molecule has 1 amide bonds. The lowest BCUT2D eigenvalue weighted by Gasteiger charge is -2.35. The van der Waals surface area contributed by atoms with Crippen LogP contribution in [0.4, 0.5) is 0 Å². The van der Waals surface area contributed by atoms with E-state index in [4.69, 9.17) is 14.2 Å². The molecule has 0 bridgehead atoms. The van der Waals surface area contributed by atoms with E-state index in [2.05, 4.69) is 17.0 Å².